The van der Waals surface area contributed by atoms with Gasteiger partial charge < -0.3 is 5.32 Å². The molecule has 0 aliphatic rings. The Bertz CT molecular complexity index is 476. The molecule has 0 aliphatic heterocycles. The quantitative estimate of drug-likeness (QED) is 0.800. The molecular formula is C13H18N4. The van der Waals surface area contributed by atoms with E-state index in [0.717, 1.165) is 30.9 Å². The Morgan fingerprint density at radius 1 is 1.29 bits per heavy atom. The first kappa shape index (κ1) is 11.8. The van der Waals surface area contributed by atoms with Crippen LogP contribution in [0.1, 0.15) is 24.6 Å². The van der Waals surface area contributed by atoms with E-state index in [1.54, 1.807) is 0 Å². The van der Waals surface area contributed by atoms with Crippen molar-refractivity contribution in [2.75, 3.05) is 6.54 Å². The molecule has 0 saturated heterocycles. The largest absolute Gasteiger partial charge is 0.311 e. The minimum absolute atomic E-state index is 0.801. The highest BCUT2D eigenvalue weighted by Gasteiger charge is 2.07. The van der Waals surface area contributed by atoms with Gasteiger partial charge in [-0.1, -0.05) is 30.3 Å². The lowest BCUT2D eigenvalue weighted by Gasteiger charge is -2.09. The van der Waals surface area contributed by atoms with Gasteiger partial charge in [0.2, 0.25) is 0 Å². The van der Waals surface area contributed by atoms with Crippen LogP contribution < -0.4 is 5.32 Å². The number of rotatable bonds is 5. The van der Waals surface area contributed by atoms with Gasteiger partial charge in [-0.25, -0.2) is 4.68 Å². The highest BCUT2D eigenvalue weighted by Crippen LogP contribution is 2.13. The molecular weight excluding hydrogens is 212 g/mol. The van der Waals surface area contributed by atoms with Crippen LogP contribution in [0.4, 0.5) is 0 Å². The van der Waals surface area contributed by atoms with Gasteiger partial charge in [0.05, 0.1) is 17.6 Å². The van der Waals surface area contributed by atoms with E-state index in [4.69, 9.17) is 0 Å². The molecule has 0 saturated carbocycles. The molecule has 1 aromatic heterocycles. The Labute approximate surface area is 102 Å². The Hall–Kier alpha value is -1.68. The van der Waals surface area contributed by atoms with Crippen LogP contribution >= 0.6 is 0 Å². The second-order valence-electron chi connectivity index (χ2n) is 4.10. The molecule has 0 amide bonds. The Morgan fingerprint density at radius 3 is 2.88 bits per heavy atom. The van der Waals surface area contributed by atoms with Gasteiger partial charge in [-0.15, -0.1) is 5.10 Å². The second-order valence-corrected chi connectivity index (χ2v) is 4.10. The second kappa shape index (κ2) is 5.59. The Kier molecular flexibility index (Phi) is 3.88. The molecule has 0 unspecified atom stereocenters. The van der Waals surface area contributed by atoms with Gasteiger partial charge in [0.25, 0.3) is 0 Å². The first-order valence-electron chi connectivity index (χ1n) is 5.99. The zero-order valence-corrected chi connectivity index (χ0v) is 10.3. The predicted octanol–water partition coefficient (Wildman–Crippen LogP) is 2.08. The zero-order chi connectivity index (χ0) is 12.1. The van der Waals surface area contributed by atoms with Crippen molar-refractivity contribution < 1.29 is 0 Å². The molecule has 1 heterocycles. The molecule has 90 valence electrons. The number of aryl methyl sites for hydroxylation is 1. The molecule has 4 nitrogen and oxygen atoms in total. The minimum Gasteiger partial charge on any atom is -0.311 e. The summed E-state index contributed by atoms with van der Waals surface area (Å²) in [7, 11) is 0. The van der Waals surface area contributed by atoms with Crippen LogP contribution in [-0.2, 0) is 6.54 Å². The van der Waals surface area contributed by atoms with E-state index in [1.165, 1.54) is 5.56 Å². The smallest absolute Gasteiger partial charge is 0.0783 e. The summed E-state index contributed by atoms with van der Waals surface area (Å²) in [6.07, 6.45) is 2.95. The van der Waals surface area contributed by atoms with Crippen molar-refractivity contribution in [3.8, 4) is 5.69 Å². The number of nitrogens with one attached hydrogen (secondary N) is 1. The van der Waals surface area contributed by atoms with Gasteiger partial charge in [-0.3, -0.25) is 0 Å². The lowest BCUT2D eigenvalue weighted by atomic mass is 10.2. The number of nitrogens with zero attached hydrogens (tertiary/aromatic N) is 3. The molecule has 1 aromatic carbocycles. The van der Waals surface area contributed by atoms with Crippen molar-refractivity contribution in [3.05, 3.63) is 41.7 Å². The maximum absolute atomic E-state index is 4.15. The van der Waals surface area contributed by atoms with Crippen LogP contribution in [0.3, 0.4) is 0 Å². The summed E-state index contributed by atoms with van der Waals surface area (Å²) in [5, 5.41) is 11.5. The van der Waals surface area contributed by atoms with E-state index >= 15 is 0 Å². The number of para-hydroxylation sites is 1. The molecule has 0 atom stereocenters. The zero-order valence-electron chi connectivity index (χ0n) is 10.3. The van der Waals surface area contributed by atoms with Gasteiger partial charge in [-0.2, -0.15) is 0 Å². The van der Waals surface area contributed by atoms with Crippen molar-refractivity contribution in [3.63, 3.8) is 0 Å². The van der Waals surface area contributed by atoms with Crippen LogP contribution in [0, 0.1) is 6.92 Å². The highest BCUT2D eigenvalue weighted by molar-refractivity contribution is 5.39. The number of benzene rings is 1. The van der Waals surface area contributed by atoms with Crippen LogP contribution in [0.25, 0.3) is 5.69 Å². The fourth-order valence-electron chi connectivity index (χ4n) is 1.77. The Balaban J connectivity index is 2.22. The summed E-state index contributed by atoms with van der Waals surface area (Å²) in [6.45, 7) is 6.05. The molecule has 4 heteroatoms. The van der Waals surface area contributed by atoms with E-state index in [2.05, 4.69) is 41.6 Å². The monoisotopic (exact) mass is 230 g/mol. The van der Waals surface area contributed by atoms with Crippen molar-refractivity contribution in [2.45, 2.75) is 26.8 Å². The molecule has 0 fully saturated rings. The summed E-state index contributed by atoms with van der Waals surface area (Å²) in [6, 6.07) is 8.20. The normalized spacial score (nSPS) is 10.7. The number of hydrogen-bond acceptors (Lipinski definition) is 3. The lowest BCUT2D eigenvalue weighted by molar-refractivity contribution is 0.640. The van der Waals surface area contributed by atoms with Crippen LogP contribution in [0.15, 0.2) is 30.5 Å². The van der Waals surface area contributed by atoms with Crippen molar-refractivity contribution >= 4 is 0 Å². The van der Waals surface area contributed by atoms with E-state index in [9.17, 15) is 0 Å². The first-order valence-corrected chi connectivity index (χ1v) is 5.99. The Morgan fingerprint density at radius 2 is 2.12 bits per heavy atom. The van der Waals surface area contributed by atoms with Crippen molar-refractivity contribution in [1.82, 2.24) is 20.3 Å². The maximum atomic E-state index is 4.15. The summed E-state index contributed by atoms with van der Waals surface area (Å²) < 4.78 is 1.90. The van der Waals surface area contributed by atoms with Crippen LogP contribution in [-0.4, -0.2) is 21.5 Å². The van der Waals surface area contributed by atoms with E-state index in [0.29, 0.717) is 0 Å². The predicted molar refractivity (Wildman–Crippen MR) is 68.1 cm³/mol. The lowest BCUT2D eigenvalue weighted by Crippen LogP contribution is -2.17. The van der Waals surface area contributed by atoms with Gasteiger partial charge >= 0.3 is 0 Å². The molecule has 2 aromatic rings. The molecule has 0 aliphatic carbocycles. The van der Waals surface area contributed by atoms with Crippen molar-refractivity contribution in [2.24, 2.45) is 0 Å². The summed E-state index contributed by atoms with van der Waals surface area (Å²) in [5.74, 6) is 0. The molecule has 17 heavy (non-hydrogen) atoms. The third kappa shape index (κ3) is 2.71. The third-order valence-corrected chi connectivity index (χ3v) is 2.70. The molecule has 0 bridgehead atoms. The van der Waals surface area contributed by atoms with E-state index in [-0.39, 0.29) is 0 Å². The average molecular weight is 230 g/mol. The molecule has 2 rings (SSSR count). The van der Waals surface area contributed by atoms with Crippen LogP contribution in [0.5, 0.6) is 0 Å². The van der Waals surface area contributed by atoms with Crippen LogP contribution in [0.2, 0.25) is 0 Å². The average Bonchev–Trinajstić information content (AvgIpc) is 2.78. The SMILES string of the molecule is CCCNCc1cnnn1-c1ccccc1C. The number of aromatic nitrogens is 3. The van der Waals surface area contributed by atoms with Gasteiger partial charge in [0.1, 0.15) is 0 Å². The summed E-state index contributed by atoms with van der Waals surface area (Å²) in [4.78, 5) is 0. The fraction of sp³-hybridized carbons (Fsp3) is 0.385. The fourth-order valence-corrected chi connectivity index (χ4v) is 1.77. The van der Waals surface area contributed by atoms with E-state index < -0.39 is 0 Å². The standard InChI is InChI=1S/C13H18N4/c1-3-8-14-9-12-10-15-16-17(12)13-7-5-4-6-11(13)2/h4-7,10,14H,3,8-9H2,1-2H3. The van der Waals surface area contributed by atoms with Gasteiger partial charge in [-0.05, 0) is 31.5 Å². The van der Waals surface area contributed by atoms with Gasteiger partial charge in [0.15, 0.2) is 0 Å². The molecule has 0 spiro atoms. The minimum atomic E-state index is 0.801. The van der Waals surface area contributed by atoms with E-state index in [1.807, 2.05) is 23.0 Å². The third-order valence-electron chi connectivity index (χ3n) is 2.70. The first-order chi connectivity index (χ1) is 8.33. The molecule has 1 N–H and O–H groups in total. The maximum Gasteiger partial charge on any atom is 0.0783 e. The number of hydrogen-bond donors (Lipinski definition) is 1. The van der Waals surface area contributed by atoms with Crippen molar-refractivity contribution in [1.29, 1.82) is 0 Å². The highest BCUT2D eigenvalue weighted by atomic mass is 15.4. The summed E-state index contributed by atoms with van der Waals surface area (Å²) in [5.41, 5.74) is 3.39. The summed E-state index contributed by atoms with van der Waals surface area (Å²) >= 11 is 0. The molecule has 0 radical (unpaired) electrons. The topological polar surface area (TPSA) is 42.7 Å². The van der Waals surface area contributed by atoms with Gasteiger partial charge in [0, 0.05) is 6.54 Å².